The van der Waals surface area contributed by atoms with E-state index in [2.05, 4.69) is 37.1 Å². The average molecular weight is 273 g/mol. The zero-order valence-corrected chi connectivity index (χ0v) is 12.3. The number of hydrogen-bond acceptors (Lipinski definition) is 3. The fourth-order valence-electron chi connectivity index (χ4n) is 2.25. The molecule has 1 aromatic rings. The zero-order valence-electron chi connectivity index (χ0n) is 10.7. The third-order valence-corrected chi connectivity index (χ3v) is 4.74. The first-order valence-electron chi connectivity index (χ1n) is 6.28. The van der Waals surface area contributed by atoms with E-state index >= 15 is 0 Å². The zero-order chi connectivity index (χ0) is 12.4. The molecule has 2 heterocycles. The minimum atomic E-state index is 0.603. The summed E-state index contributed by atoms with van der Waals surface area (Å²) in [6, 6.07) is 5.35. The third-order valence-electron chi connectivity index (χ3n) is 3.52. The molecule has 0 saturated carbocycles. The number of nitrogens with one attached hydrogen (secondary N) is 1. The van der Waals surface area contributed by atoms with Crippen molar-refractivity contribution in [1.82, 2.24) is 10.2 Å². The molecule has 0 aliphatic carbocycles. The van der Waals surface area contributed by atoms with Crippen molar-refractivity contribution >= 4 is 22.9 Å². The van der Waals surface area contributed by atoms with Crippen LogP contribution in [0.15, 0.2) is 12.1 Å². The predicted octanol–water partition coefficient (Wildman–Crippen LogP) is 3.22. The van der Waals surface area contributed by atoms with Crippen LogP contribution in [0.3, 0.4) is 0 Å². The van der Waals surface area contributed by atoms with E-state index in [-0.39, 0.29) is 0 Å². The van der Waals surface area contributed by atoms with Crippen molar-refractivity contribution in [2.75, 3.05) is 13.1 Å². The smallest absolute Gasteiger partial charge is 0.0931 e. The Morgan fingerprint density at radius 1 is 1.53 bits per heavy atom. The molecule has 0 bridgehead atoms. The maximum Gasteiger partial charge on any atom is 0.0931 e. The van der Waals surface area contributed by atoms with Gasteiger partial charge in [0, 0.05) is 36.6 Å². The summed E-state index contributed by atoms with van der Waals surface area (Å²) in [4.78, 5) is 3.93. The normalized spacial score (nSPS) is 26.6. The van der Waals surface area contributed by atoms with Gasteiger partial charge < -0.3 is 5.32 Å². The van der Waals surface area contributed by atoms with Gasteiger partial charge in [-0.2, -0.15) is 0 Å². The van der Waals surface area contributed by atoms with Crippen molar-refractivity contribution in [2.45, 2.75) is 39.4 Å². The maximum absolute atomic E-state index is 5.98. The molecule has 1 saturated heterocycles. The lowest BCUT2D eigenvalue weighted by Gasteiger charge is -2.40. The highest BCUT2D eigenvalue weighted by molar-refractivity contribution is 7.16. The summed E-state index contributed by atoms with van der Waals surface area (Å²) in [6.45, 7) is 10.1. The van der Waals surface area contributed by atoms with Gasteiger partial charge in [0.1, 0.15) is 0 Å². The lowest BCUT2D eigenvalue weighted by molar-refractivity contribution is 0.117. The monoisotopic (exact) mass is 272 g/mol. The number of hydrogen-bond donors (Lipinski definition) is 1. The van der Waals surface area contributed by atoms with Crippen LogP contribution in [0.2, 0.25) is 4.34 Å². The molecule has 17 heavy (non-hydrogen) atoms. The Labute approximate surface area is 113 Å². The van der Waals surface area contributed by atoms with Crippen LogP contribution in [0, 0.1) is 5.92 Å². The van der Waals surface area contributed by atoms with Gasteiger partial charge in [-0.15, -0.1) is 11.3 Å². The molecular weight excluding hydrogens is 252 g/mol. The van der Waals surface area contributed by atoms with Crippen LogP contribution in [-0.4, -0.2) is 30.1 Å². The molecule has 1 aliphatic heterocycles. The molecule has 1 fully saturated rings. The van der Waals surface area contributed by atoms with Crippen LogP contribution in [-0.2, 0) is 6.54 Å². The molecule has 2 nitrogen and oxygen atoms in total. The maximum atomic E-state index is 5.98. The Bertz CT molecular complexity index is 364. The van der Waals surface area contributed by atoms with E-state index < -0.39 is 0 Å². The second kappa shape index (κ2) is 5.70. The molecule has 2 unspecified atom stereocenters. The summed E-state index contributed by atoms with van der Waals surface area (Å²) >= 11 is 7.68. The Hall–Kier alpha value is -0.0900. The first-order chi connectivity index (χ1) is 8.06. The standard InChI is InChI=1S/C13H21ClN2S/c1-9(2)12-8-16(10(3)6-15-12)7-11-4-5-13(14)17-11/h4-5,9-10,12,15H,6-8H2,1-3H3. The summed E-state index contributed by atoms with van der Waals surface area (Å²) in [5, 5.41) is 3.62. The highest BCUT2D eigenvalue weighted by Gasteiger charge is 2.26. The van der Waals surface area contributed by atoms with Crippen LogP contribution in [0.25, 0.3) is 0 Å². The summed E-state index contributed by atoms with van der Waals surface area (Å²) in [6.07, 6.45) is 0. The number of piperazine rings is 1. The molecule has 0 spiro atoms. The van der Waals surface area contributed by atoms with E-state index in [1.165, 1.54) is 4.88 Å². The molecule has 96 valence electrons. The molecular formula is C13H21ClN2S. The highest BCUT2D eigenvalue weighted by Crippen LogP contribution is 2.24. The van der Waals surface area contributed by atoms with E-state index in [0.717, 1.165) is 24.0 Å². The fourth-order valence-corrected chi connectivity index (χ4v) is 3.37. The van der Waals surface area contributed by atoms with Crippen molar-refractivity contribution < 1.29 is 0 Å². The average Bonchev–Trinajstić information content (AvgIpc) is 2.67. The van der Waals surface area contributed by atoms with Gasteiger partial charge in [-0.3, -0.25) is 4.90 Å². The SMILES string of the molecule is CC(C)C1CN(Cc2ccc(Cl)s2)C(C)CN1. The lowest BCUT2D eigenvalue weighted by atomic mass is 10.00. The van der Waals surface area contributed by atoms with Gasteiger partial charge in [0.05, 0.1) is 4.34 Å². The molecule has 2 rings (SSSR count). The topological polar surface area (TPSA) is 15.3 Å². The van der Waals surface area contributed by atoms with Crippen LogP contribution in [0.4, 0.5) is 0 Å². The van der Waals surface area contributed by atoms with Crippen molar-refractivity contribution in [3.63, 3.8) is 0 Å². The first kappa shape index (κ1) is 13.3. The number of nitrogens with zero attached hydrogens (tertiary/aromatic N) is 1. The van der Waals surface area contributed by atoms with Gasteiger partial charge in [0.2, 0.25) is 0 Å². The summed E-state index contributed by atoms with van der Waals surface area (Å²) < 4.78 is 0.892. The lowest BCUT2D eigenvalue weighted by Crippen LogP contribution is -2.56. The Kier molecular flexibility index (Phi) is 4.47. The van der Waals surface area contributed by atoms with Crippen LogP contribution in [0.1, 0.15) is 25.6 Å². The Balaban J connectivity index is 1.98. The van der Waals surface area contributed by atoms with Gasteiger partial charge in [0.15, 0.2) is 0 Å². The van der Waals surface area contributed by atoms with Crippen molar-refractivity contribution in [2.24, 2.45) is 5.92 Å². The summed E-state index contributed by atoms with van der Waals surface area (Å²) in [7, 11) is 0. The van der Waals surface area contributed by atoms with Crippen molar-refractivity contribution in [1.29, 1.82) is 0 Å². The van der Waals surface area contributed by atoms with Crippen LogP contribution in [0.5, 0.6) is 0 Å². The number of halogens is 1. The summed E-state index contributed by atoms with van der Waals surface area (Å²) in [5.74, 6) is 0.692. The Morgan fingerprint density at radius 3 is 2.88 bits per heavy atom. The van der Waals surface area contributed by atoms with E-state index in [9.17, 15) is 0 Å². The molecule has 1 aromatic heterocycles. The van der Waals surface area contributed by atoms with Gasteiger partial charge in [-0.25, -0.2) is 0 Å². The first-order valence-corrected chi connectivity index (χ1v) is 7.47. The summed E-state index contributed by atoms with van der Waals surface area (Å²) in [5.41, 5.74) is 0. The molecule has 1 N–H and O–H groups in total. The molecule has 0 amide bonds. The molecule has 2 atom stereocenters. The van der Waals surface area contributed by atoms with E-state index in [0.29, 0.717) is 18.0 Å². The van der Waals surface area contributed by atoms with E-state index in [1.807, 2.05) is 6.07 Å². The Morgan fingerprint density at radius 2 is 2.29 bits per heavy atom. The van der Waals surface area contributed by atoms with E-state index in [1.54, 1.807) is 11.3 Å². The minimum absolute atomic E-state index is 0.603. The van der Waals surface area contributed by atoms with Gasteiger partial charge in [-0.05, 0) is 25.0 Å². The van der Waals surface area contributed by atoms with Gasteiger partial charge in [0.25, 0.3) is 0 Å². The molecule has 0 radical (unpaired) electrons. The minimum Gasteiger partial charge on any atom is -0.311 e. The van der Waals surface area contributed by atoms with Crippen LogP contribution < -0.4 is 5.32 Å². The van der Waals surface area contributed by atoms with Crippen molar-refractivity contribution in [3.8, 4) is 0 Å². The molecule has 0 aromatic carbocycles. The third kappa shape index (κ3) is 3.44. The van der Waals surface area contributed by atoms with Crippen molar-refractivity contribution in [3.05, 3.63) is 21.3 Å². The fraction of sp³-hybridized carbons (Fsp3) is 0.692. The number of thiophene rings is 1. The number of rotatable bonds is 3. The van der Waals surface area contributed by atoms with Gasteiger partial charge in [-0.1, -0.05) is 25.4 Å². The molecule has 4 heteroatoms. The second-order valence-electron chi connectivity index (χ2n) is 5.24. The second-order valence-corrected chi connectivity index (χ2v) is 7.04. The van der Waals surface area contributed by atoms with Gasteiger partial charge >= 0.3 is 0 Å². The van der Waals surface area contributed by atoms with Crippen LogP contribution >= 0.6 is 22.9 Å². The van der Waals surface area contributed by atoms with E-state index in [4.69, 9.17) is 11.6 Å². The highest BCUT2D eigenvalue weighted by atomic mass is 35.5. The molecule has 1 aliphatic rings. The largest absolute Gasteiger partial charge is 0.311 e. The predicted molar refractivity (Wildman–Crippen MR) is 75.8 cm³/mol. The quantitative estimate of drug-likeness (QED) is 0.909.